The molecule has 1 amide bonds. The van der Waals surface area contributed by atoms with Crippen LogP contribution in [0, 0.1) is 0 Å². The van der Waals surface area contributed by atoms with Crippen molar-refractivity contribution in [2.24, 2.45) is 0 Å². The molecule has 0 atom stereocenters. The molecule has 0 aliphatic heterocycles. The quantitative estimate of drug-likeness (QED) is 0.639. The third-order valence-electron chi connectivity index (χ3n) is 4.30. The van der Waals surface area contributed by atoms with Crippen molar-refractivity contribution in [3.05, 3.63) is 78.0 Å². The number of likely N-dealkylation sites (N-methyl/N-ethyl adjacent to an activating group) is 1. The molecule has 7 heteroatoms. The number of aromatic nitrogens is 3. The number of anilines is 2. The van der Waals surface area contributed by atoms with Crippen LogP contribution in [-0.4, -0.2) is 40.2 Å². The van der Waals surface area contributed by atoms with E-state index in [-0.39, 0.29) is 17.4 Å². The molecule has 0 bridgehead atoms. The van der Waals surface area contributed by atoms with Gasteiger partial charge in [-0.1, -0.05) is 0 Å². The normalized spacial score (nSPS) is 10.4. The fourth-order valence-corrected chi connectivity index (χ4v) is 2.58. The zero-order valence-electron chi connectivity index (χ0n) is 15.8. The average molecular weight is 375 g/mol. The van der Waals surface area contributed by atoms with Crippen molar-refractivity contribution in [3.8, 4) is 0 Å². The van der Waals surface area contributed by atoms with E-state index >= 15 is 0 Å². The van der Waals surface area contributed by atoms with Crippen LogP contribution in [0.5, 0.6) is 0 Å². The average Bonchev–Trinajstić information content (AvgIpc) is 2.73. The minimum Gasteiger partial charge on any atom is -0.358 e. The van der Waals surface area contributed by atoms with Crippen molar-refractivity contribution in [1.29, 1.82) is 0 Å². The van der Waals surface area contributed by atoms with Gasteiger partial charge in [0, 0.05) is 37.2 Å². The highest BCUT2D eigenvalue weighted by Crippen LogP contribution is 2.13. The minimum atomic E-state index is -0.353. The van der Waals surface area contributed by atoms with Gasteiger partial charge in [0.15, 0.2) is 5.78 Å². The second-order valence-electron chi connectivity index (χ2n) is 6.37. The first kappa shape index (κ1) is 19.2. The van der Waals surface area contributed by atoms with E-state index < -0.39 is 0 Å². The van der Waals surface area contributed by atoms with Gasteiger partial charge >= 0.3 is 0 Å². The summed E-state index contributed by atoms with van der Waals surface area (Å²) >= 11 is 0. The van der Waals surface area contributed by atoms with Gasteiger partial charge in [-0.05, 0) is 55.3 Å². The molecule has 0 aliphatic rings. The maximum atomic E-state index is 12.3. The summed E-state index contributed by atoms with van der Waals surface area (Å²) in [6.07, 6.45) is 7.45. The number of hydrogen-bond acceptors (Lipinski definition) is 6. The number of nitrogens with zero attached hydrogens (tertiary/aromatic N) is 4. The van der Waals surface area contributed by atoms with Crippen molar-refractivity contribution in [3.63, 3.8) is 0 Å². The minimum absolute atomic E-state index is 0.0209. The molecule has 0 saturated carbocycles. The van der Waals surface area contributed by atoms with Crippen LogP contribution in [0.3, 0.4) is 0 Å². The number of nitrogens with one attached hydrogen (secondary N) is 1. The standard InChI is InChI=1S/C21H21N5O2/c1-15(27)17-3-5-18(6-4-17)25-21(28)19-13-24-20(14-23-19)26(2)12-9-16-7-10-22-11-8-16/h3-8,10-11,13-14H,9,12H2,1-2H3,(H,25,28). The Bertz CT molecular complexity index is 941. The number of amides is 1. The molecule has 2 heterocycles. The van der Waals surface area contributed by atoms with E-state index in [1.165, 1.54) is 18.7 Å². The Morgan fingerprint density at radius 3 is 2.32 bits per heavy atom. The van der Waals surface area contributed by atoms with Crippen LogP contribution in [-0.2, 0) is 6.42 Å². The predicted octanol–water partition coefficient (Wildman–Crippen LogP) is 3.01. The van der Waals surface area contributed by atoms with Crippen LogP contribution < -0.4 is 10.2 Å². The van der Waals surface area contributed by atoms with Gasteiger partial charge in [0.05, 0.1) is 12.4 Å². The first-order chi connectivity index (χ1) is 13.5. The number of ketones is 1. The Balaban J connectivity index is 1.58. The van der Waals surface area contributed by atoms with Crippen molar-refractivity contribution in [1.82, 2.24) is 15.0 Å². The molecule has 3 aromatic rings. The van der Waals surface area contributed by atoms with E-state index in [0.29, 0.717) is 17.1 Å². The molecule has 28 heavy (non-hydrogen) atoms. The second kappa shape index (κ2) is 8.85. The lowest BCUT2D eigenvalue weighted by atomic mass is 10.1. The van der Waals surface area contributed by atoms with Crippen LogP contribution in [0.1, 0.15) is 33.3 Å². The highest BCUT2D eigenvalue weighted by atomic mass is 16.2. The van der Waals surface area contributed by atoms with E-state index in [2.05, 4.69) is 20.3 Å². The first-order valence-electron chi connectivity index (χ1n) is 8.87. The molecule has 0 aliphatic carbocycles. The molecule has 1 N–H and O–H groups in total. The molecule has 142 valence electrons. The summed E-state index contributed by atoms with van der Waals surface area (Å²) < 4.78 is 0. The Hall–Kier alpha value is -3.61. The van der Waals surface area contributed by atoms with E-state index in [1.807, 2.05) is 24.1 Å². The van der Waals surface area contributed by atoms with Gasteiger partial charge in [0.1, 0.15) is 11.5 Å². The summed E-state index contributed by atoms with van der Waals surface area (Å²) in [5.41, 5.74) is 2.61. The molecule has 2 aromatic heterocycles. The molecular weight excluding hydrogens is 354 g/mol. The highest BCUT2D eigenvalue weighted by Gasteiger charge is 2.10. The largest absolute Gasteiger partial charge is 0.358 e. The molecule has 0 radical (unpaired) electrons. The van der Waals surface area contributed by atoms with Crippen LogP contribution in [0.2, 0.25) is 0 Å². The third kappa shape index (κ3) is 4.97. The van der Waals surface area contributed by atoms with Crippen LogP contribution in [0.4, 0.5) is 11.5 Å². The fourth-order valence-electron chi connectivity index (χ4n) is 2.58. The summed E-state index contributed by atoms with van der Waals surface area (Å²) in [5, 5.41) is 2.75. The number of benzene rings is 1. The van der Waals surface area contributed by atoms with E-state index in [4.69, 9.17) is 0 Å². The zero-order chi connectivity index (χ0) is 19.9. The topological polar surface area (TPSA) is 88.1 Å². The maximum Gasteiger partial charge on any atom is 0.275 e. The smallest absolute Gasteiger partial charge is 0.275 e. The summed E-state index contributed by atoms with van der Waals surface area (Å²) in [4.78, 5) is 38.2. The third-order valence-corrected chi connectivity index (χ3v) is 4.30. The number of carbonyl (C=O) groups is 2. The lowest BCUT2D eigenvalue weighted by molar-refractivity contribution is 0.101. The van der Waals surface area contributed by atoms with Gasteiger partial charge in [-0.3, -0.25) is 14.6 Å². The molecule has 0 fully saturated rings. The number of carbonyl (C=O) groups excluding carboxylic acids is 2. The van der Waals surface area contributed by atoms with Crippen LogP contribution >= 0.6 is 0 Å². The number of Topliss-reactive ketones (excluding diaryl/α,β-unsaturated/α-hetero) is 1. The number of pyridine rings is 1. The van der Waals surface area contributed by atoms with Crippen molar-refractivity contribution >= 4 is 23.2 Å². The molecule has 7 nitrogen and oxygen atoms in total. The number of hydrogen-bond donors (Lipinski definition) is 1. The SMILES string of the molecule is CC(=O)c1ccc(NC(=O)c2cnc(N(C)CCc3ccncc3)cn2)cc1. The Morgan fingerprint density at radius 2 is 1.71 bits per heavy atom. The summed E-state index contributed by atoms with van der Waals surface area (Å²) in [6.45, 7) is 2.27. The Morgan fingerprint density at radius 1 is 1.00 bits per heavy atom. The van der Waals surface area contributed by atoms with Gasteiger partial charge in [-0.25, -0.2) is 9.97 Å². The lowest BCUT2D eigenvalue weighted by Crippen LogP contribution is -2.22. The first-order valence-corrected chi connectivity index (χ1v) is 8.87. The zero-order valence-corrected chi connectivity index (χ0v) is 15.8. The van der Waals surface area contributed by atoms with E-state index in [0.717, 1.165) is 13.0 Å². The van der Waals surface area contributed by atoms with E-state index in [9.17, 15) is 9.59 Å². The van der Waals surface area contributed by atoms with Crippen molar-refractivity contribution in [2.75, 3.05) is 23.8 Å². The van der Waals surface area contributed by atoms with Crippen LogP contribution in [0.25, 0.3) is 0 Å². The highest BCUT2D eigenvalue weighted by molar-refractivity contribution is 6.03. The summed E-state index contributed by atoms with van der Waals surface area (Å²) in [5.74, 6) is 0.317. The molecule has 3 rings (SSSR count). The Labute approximate surface area is 163 Å². The van der Waals surface area contributed by atoms with Gasteiger partial charge in [-0.2, -0.15) is 0 Å². The fraction of sp³-hybridized carbons (Fsp3) is 0.190. The maximum absolute atomic E-state index is 12.3. The monoisotopic (exact) mass is 375 g/mol. The van der Waals surface area contributed by atoms with E-state index in [1.54, 1.807) is 42.9 Å². The van der Waals surface area contributed by atoms with Gasteiger partial charge in [-0.15, -0.1) is 0 Å². The molecule has 0 spiro atoms. The second-order valence-corrected chi connectivity index (χ2v) is 6.37. The van der Waals surface area contributed by atoms with Crippen molar-refractivity contribution in [2.45, 2.75) is 13.3 Å². The van der Waals surface area contributed by atoms with Crippen molar-refractivity contribution < 1.29 is 9.59 Å². The molecular formula is C21H21N5O2. The molecule has 0 saturated heterocycles. The number of rotatable bonds is 7. The molecule has 1 aromatic carbocycles. The lowest BCUT2D eigenvalue weighted by Gasteiger charge is -2.17. The Kier molecular flexibility index (Phi) is 6.06. The van der Waals surface area contributed by atoms with Gasteiger partial charge < -0.3 is 10.2 Å². The predicted molar refractivity (Wildman–Crippen MR) is 108 cm³/mol. The summed E-state index contributed by atoms with van der Waals surface area (Å²) in [7, 11) is 1.93. The van der Waals surface area contributed by atoms with Gasteiger partial charge in [0.2, 0.25) is 0 Å². The molecule has 0 unspecified atom stereocenters. The van der Waals surface area contributed by atoms with Crippen LogP contribution in [0.15, 0.2) is 61.2 Å². The van der Waals surface area contributed by atoms with Gasteiger partial charge in [0.25, 0.3) is 5.91 Å². The summed E-state index contributed by atoms with van der Waals surface area (Å²) in [6, 6.07) is 10.7.